The number of carbonyl (C=O) groups excluding carboxylic acids is 1. The number of amides is 1. The van der Waals surface area contributed by atoms with E-state index in [1.807, 2.05) is 32.9 Å². The van der Waals surface area contributed by atoms with Gasteiger partial charge in [-0.2, -0.15) is 0 Å². The van der Waals surface area contributed by atoms with Crippen LogP contribution in [-0.4, -0.2) is 18.2 Å². The van der Waals surface area contributed by atoms with E-state index in [4.69, 9.17) is 10.5 Å². The molecule has 0 atom stereocenters. The quantitative estimate of drug-likeness (QED) is 0.776. The summed E-state index contributed by atoms with van der Waals surface area (Å²) in [7, 11) is 0. The third kappa shape index (κ3) is 4.70. The van der Waals surface area contributed by atoms with Crippen molar-refractivity contribution in [3.63, 3.8) is 0 Å². The molecule has 0 radical (unpaired) electrons. The molecule has 1 aliphatic rings. The van der Waals surface area contributed by atoms with E-state index in [1.54, 1.807) is 0 Å². The average Bonchev–Trinajstić information content (AvgIpc) is 2.48. The Labute approximate surface area is 147 Å². The number of hydrogen-bond acceptors (Lipinski definition) is 3. The van der Waals surface area contributed by atoms with E-state index in [0.717, 1.165) is 23.0 Å². The van der Waals surface area contributed by atoms with Crippen LogP contribution < -0.4 is 11.1 Å². The summed E-state index contributed by atoms with van der Waals surface area (Å²) in [5.41, 5.74) is 7.57. The molecule has 23 heavy (non-hydrogen) atoms. The fraction of sp³-hybridized carbons (Fsp3) is 0.611. The van der Waals surface area contributed by atoms with Gasteiger partial charge in [0.1, 0.15) is 5.60 Å². The molecule has 2 rings (SSSR count). The van der Waals surface area contributed by atoms with Crippen LogP contribution >= 0.6 is 15.9 Å². The van der Waals surface area contributed by atoms with Crippen LogP contribution in [0.4, 0.5) is 10.5 Å². The Balaban J connectivity index is 2.23. The van der Waals surface area contributed by atoms with Crippen molar-refractivity contribution in [2.45, 2.75) is 63.9 Å². The van der Waals surface area contributed by atoms with Crippen LogP contribution in [0.5, 0.6) is 0 Å². The maximum Gasteiger partial charge on any atom is 0.412 e. The Kier molecular flexibility index (Phi) is 5.74. The van der Waals surface area contributed by atoms with Gasteiger partial charge in [-0.3, -0.25) is 5.32 Å². The molecule has 4 nitrogen and oxygen atoms in total. The van der Waals surface area contributed by atoms with E-state index < -0.39 is 11.7 Å². The molecule has 1 aromatic carbocycles. The topological polar surface area (TPSA) is 64.3 Å². The molecule has 0 heterocycles. The minimum absolute atomic E-state index is 0.0311. The molecular formula is C18H27BrN2O2. The fourth-order valence-electron chi connectivity index (χ4n) is 3.20. The molecule has 0 saturated heterocycles. The van der Waals surface area contributed by atoms with Crippen molar-refractivity contribution >= 4 is 27.7 Å². The van der Waals surface area contributed by atoms with E-state index in [9.17, 15) is 4.79 Å². The number of rotatable bonds is 3. The Hall–Kier alpha value is -1.07. The van der Waals surface area contributed by atoms with E-state index in [2.05, 4.69) is 27.3 Å². The molecule has 1 fully saturated rings. The molecule has 0 spiro atoms. The molecule has 1 amide bonds. The van der Waals surface area contributed by atoms with Crippen molar-refractivity contribution in [3.05, 3.63) is 28.2 Å². The van der Waals surface area contributed by atoms with E-state index >= 15 is 0 Å². The lowest BCUT2D eigenvalue weighted by molar-refractivity contribution is 0.0636. The number of nitrogens with two attached hydrogens (primary N) is 1. The second-order valence-electron chi connectivity index (χ2n) is 7.37. The van der Waals surface area contributed by atoms with Crippen molar-refractivity contribution in [2.24, 2.45) is 5.73 Å². The Morgan fingerprint density at radius 2 is 1.96 bits per heavy atom. The van der Waals surface area contributed by atoms with Crippen molar-refractivity contribution in [3.8, 4) is 0 Å². The smallest absolute Gasteiger partial charge is 0.412 e. The first-order valence-electron chi connectivity index (χ1n) is 8.26. The van der Waals surface area contributed by atoms with Gasteiger partial charge in [-0.25, -0.2) is 4.79 Å². The zero-order valence-electron chi connectivity index (χ0n) is 14.2. The molecule has 0 aliphatic heterocycles. The van der Waals surface area contributed by atoms with Gasteiger partial charge in [-0.05, 0) is 67.2 Å². The number of benzene rings is 1. The molecule has 1 saturated carbocycles. The van der Waals surface area contributed by atoms with Crippen molar-refractivity contribution in [1.29, 1.82) is 0 Å². The first-order chi connectivity index (χ1) is 10.8. The Morgan fingerprint density at radius 1 is 1.30 bits per heavy atom. The Bertz CT molecular complexity index is 561. The van der Waals surface area contributed by atoms with Crippen molar-refractivity contribution in [2.75, 3.05) is 11.9 Å². The van der Waals surface area contributed by atoms with Crippen molar-refractivity contribution < 1.29 is 9.53 Å². The molecule has 128 valence electrons. The first-order valence-corrected chi connectivity index (χ1v) is 9.05. The number of halogens is 1. The van der Waals surface area contributed by atoms with Gasteiger partial charge in [0.05, 0.1) is 5.69 Å². The van der Waals surface area contributed by atoms with E-state index in [0.29, 0.717) is 6.54 Å². The van der Waals surface area contributed by atoms with Crippen molar-refractivity contribution in [1.82, 2.24) is 0 Å². The highest BCUT2D eigenvalue weighted by molar-refractivity contribution is 9.10. The van der Waals surface area contributed by atoms with E-state index in [1.165, 1.54) is 24.8 Å². The maximum atomic E-state index is 12.0. The van der Waals surface area contributed by atoms with Gasteiger partial charge in [0.25, 0.3) is 0 Å². The van der Waals surface area contributed by atoms with Gasteiger partial charge in [0.2, 0.25) is 0 Å². The van der Waals surface area contributed by atoms with Gasteiger partial charge in [-0.15, -0.1) is 0 Å². The summed E-state index contributed by atoms with van der Waals surface area (Å²) in [5, 5.41) is 2.84. The van der Waals surface area contributed by atoms with Gasteiger partial charge in [0.15, 0.2) is 0 Å². The molecule has 0 aromatic heterocycles. The predicted molar refractivity (Wildman–Crippen MR) is 97.8 cm³/mol. The van der Waals surface area contributed by atoms with Crippen LogP contribution in [0.3, 0.4) is 0 Å². The maximum absolute atomic E-state index is 12.0. The number of ether oxygens (including phenoxy) is 1. The highest BCUT2D eigenvalue weighted by atomic mass is 79.9. The van der Waals surface area contributed by atoms with Gasteiger partial charge in [0, 0.05) is 16.4 Å². The summed E-state index contributed by atoms with van der Waals surface area (Å²) in [4.78, 5) is 12.0. The second-order valence-corrected chi connectivity index (χ2v) is 8.22. The van der Waals surface area contributed by atoms with Crippen LogP contribution in [0.25, 0.3) is 0 Å². The number of nitrogens with one attached hydrogen (secondary N) is 1. The number of hydrogen-bond donors (Lipinski definition) is 2. The van der Waals surface area contributed by atoms with Gasteiger partial charge < -0.3 is 10.5 Å². The zero-order chi connectivity index (χ0) is 17.1. The SMILES string of the molecule is CC(C)(C)OC(=O)Nc1cc(C2(CN)CCCCC2)ccc1Br. The zero-order valence-corrected chi connectivity index (χ0v) is 15.8. The average molecular weight is 383 g/mol. The third-order valence-corrected chi connectivity index (χ3v) is 5.11. The van der Waals surface area contributed by atoms with Gasteiger partial charge in [-0.1, -0.05) is 25.3 Å². The van der Waals surface area contributed by atoms with Crippen LogP contribution in [0.1, 0.15) is 58.4 Å². The molecule has 1 aliphatic carbocycles. The van der Waals surface area contributed by atoms with Crippen LogP contribution in [0.2, 0.25) is 0 Å². The molecule has 0 unspecified atom stereocenters. The van der Waals surface area contributed by atoms with Crippen LogP contribution in [0, 0.1) is 0 Å². The number of carbonyl (C=O) groups is 1. The van der Waals surface area contributed by atoms with Crippen LogP contribution in [0.15, 0.2) is 22.7 Å². The standard InChI is InChI=1S/C18H27BrN2O2/c1-17(2,3)23-16(22)21-15-11-13(7-8-14(15)19)18(12-20)9-5-4-6-10-18/h7-8,11H,4-6,9-10,12,20H2,1-3H3,(H,21,22). The molecule has 1 aromatic rings. The fourth-order valence-corrected chi connectivity index (χ4v) is 3.55. The summed E-state index contributed by atoms with van der Waals surface area (Å²) < 4.78 is 6.18. The summed E-state index contributed by atoms with van der Waals surface area (Å²) in [5.74, 6) is 0. The summed E-state index contributed by atoms with van der Waals surface area (Å²) >= 11 is 3.50. The second kappa shape index (κ2) is 7.22. The number of anilines is 1. The normalized spacial score (nSPS) is 17.6. The lowest BCUT2D eigenvalue weighted by Crippen LogP contribution is -2.37. The van der Waals surface area contributed by atoms with Gasteiger partial charge >= 0.3 is 6.09 Å². The third-order valence-electron chi connectivity index (χ3n) is 4.42. The molecular weight excluding hydrogens is 356 g/mol. The lowest BCUT2D eigenvalue weighted by atomic mass is 9.69. The molecule has 0 bridgehead atoms. The minimum atomic E-state index is -0.518. The first kappa shape index (κ1) is 18.3. The Morgan fingerprint density at radius 3 is 2.52 bits per heavy atom. The largest absolute Gasteiger partial charge is 0.444 e. The summed E-state index contributed by atoms with van der Waals surface area (Å²) in [6.07, 6.45) is 5.47. The highest BCUT2D eigenvalue weighted by Gasteiger charge is 2.33. The summed E-state index contributed by atoms with van der Waals surface area (Å²) in [6, 6.07) is 6.13. The lowest BCUT2D eigenvalue weighted by Gasteiger charge is -2.37. The summed E-state index contributed by atoms with van der Waals surface area (Å²) in [6.45, 7) is 6.19. The van der Waals surface area contributed by atoms with Crippen LogP contribution in [-0.2, 0) is 10.2 Å². The van der Waals surface area contributed by atoms with E-state index in [-0.39, 0.29) is 5.41 Å². The molecule has 5 heteroatoms. The monoisotopic (exact) mass is 382 g/mol. The highest BCUT2D eigenvalue weighted by Crippen LogP contribution is 2.40. The molecule has 3 N–H and O–H groups in total. The predicted octanol–water partition coefficient (Wildman–Crippen LogP) is 4.96. The minimum Gasteiger partial charge on any atom is -0.444 e.